The van der Waals surface area contributed by atoms with Crippen LogP contribution in [-0.2, 0) is 4.79 Å². The van der Waals surface area contributed by atoms with Crippen molar-refractivity contribution in [1.82, 2.24) is 0 Å². The molecule has 1 atom stereocenters. The van der Waals surface area contributed by atoms with Crippen LogP contribution >= 0.6 is 0 Å². The Kier molecular flexibility index (Phi) is 14.8. The SMILES string of the molecule is CC/C=C\C/C=C\C/C=C\C\C=C/C=C/C=C/CC(F)CC(C)(C)C(=O)O. The van der Waals surface area contributed by atoms with Crippen LogP contribution in [0.4, 0.5) is 4.39 Å². The Morgan fingerprint density at radius 3 is 1.85 bits per heavy atom. The van der Waals surface area contributed by atoms with Crippen LogP contribution in [0.5, 0.6) is 0 Å². The Labute approximate surface area is 164 Å². The summed E-state index contributed by atoms with van der Waals surface area (Å²) in [5.74, 6) is -0.964. The Hall–Kier alpha value is -2.16. The summed E-state index contributed by atoms with van der Waals surface area (Å²) < 4.78 is 13.8. The van der Waals surface area contributed by atoms with E-state index in [-0.39, 0.29) is 12.8 Å². The van der Waals surface area contributed by atoms with Crippen molar-refractivity contribution in [3.63, 3.8) is 0 Å². The molecule has 0 aromatic carbocycles. The number of hydrogen-bond donors (Lipinski definition) is 1. The topological polar surface area (TPSA) is 37.3 Å². The highest BCUT2D eigenvalue weighted by Crippen LogP contribution is 2.25. The van der Waals surface area contributed by atoms with Crippen molar-refractivity contribution in [1.29, 1.82) is 0 Å². The highest BCUT2D eigenvalue weighted by atomic mass is 19.1. The molecule has 2 nitrogen and oxygen atoms in total. The summed E-state index contributed by atoms with van der Waals surface area (Å²) >= 11 is 0. The lowest BCUT2D eigenvalue weighted by Gasteiger charge is -2.20. The second-order valence-corrected chi connectivity index (χ2v) is 7.00. The molecule has 0 aliphatic carbocycles. The second kappa shape index (κ2) is 16.0. The smallest absolute Gasteiger partial charge is 0.309 e. The van der Waals surface area contributed by atoms with E-state index in [0.717, 1.165) is 25.7 Å². The van der Waals surface area contributed by atoms with Crippen molar-refractivity contribution < 1.29 is 14.3 Å². The molecule has 150 valence electrons. The molecular formula is C24H35FO2. The minimum absolute atomic E-state index is 0.0211. The Bertz CT molecular complexity index is 563. The van der Waals surface area contributed by atoms with E-state index >= 15 is 0 Å². The van der Waals surface area contributed by atoms with Gasteiger partial charge < -0.3 is 5.11 Å². The van der Waals surface area contributed by atoms with Crippen molar-refractivity contribution in [2.45, 2.75) is 65.5 Å². The molecule has 0 aliphatic heterocycles. The summed E-state index contributed by atoms with van der Waals surface area (Å²) in [6, 6.07) is 0. The standard InChI is InChI=1S/C24H35FO2/c1-4-5-6-7-8-9-10-11-12-13-14-15-16-17-18-19-20-22(25)21-24(2,3)23(26)27/h5-6,8-9,11-12,14-19,22H,4,7,10,13,20-21H2,1-3H3,(H,26,27)/b6-5-,9-8-,12-11-,15-14-,17-16+,19-18+. The number of aliphatic carboxylic acids is 1. The van der Waals surface area contributed by atoms with Gasteiger partial charge in [0.15, 0.2) is 0 Å². The maximum atomic E-state index is 13.8. The molecule has 27 heavy (non-hydrogen) atoms. The van der Waals surface area contributed by atoms with Gasteiger partial charge >= 0.3 is 5.97 Å². The normalized spacial score (nSPS) is 14.8. The molecule has 0 aromatic rings. The average Bonchev–Trinajstić information content (AvgIpc) is 2.60. The molecular weight excluding hydrogens is 339 g/mol. The zero-order chi connectivity index (χ0) is 20.4. The molecule has 0 aromatic heterocycles. The summed E-state index contributed by atoms with van der Waals surface area (Å²) in [5, 5.41) is 8.99. The first-order valence-electron chi connectivity index (χ1n) is 9.71. The van der Waals surface area contributed by atoms with Gasteiger partial charge in [-0.25, -0.2) is 4.39 Å². The molecule has 0 radical (unpaired) electrons. The van der Waals surface area contributed by atoms with E-state index in [1.54, 1.807) is 26.0 Å². The molecule has 0 bridgehead atoms. The predicted molar refractivity (Wildman–Crippen MR) is 115 cm³/mol. The molecule has 1 unspecified atom stereocenters. The number of hydrogen-bond acceptors (Lipinski definition) is 1. The van der Waals surface area contributed by atoms with Crippen LogP contribution in [-0.4, -0.2) is 17.2 Å². The van der Waals surface area contributed by atoms with Gasteiger partial charge in [-0.3, -0.25) is 4.79 Å². The third-order valence-corrected chi connectivity index (χ3v) is 3.86. The molecule has 1 N–H and O–H groups in total. The van der Waals surface area contributed by atoms with Crippen LogP contribution in [0.2, 0.25) is 0 Å². The first kappa shape index (κ1) is 24.8. The van der Waals surface area contributed by atoms with Gasteiger partial charge in [0.2, 0.25) is 0 Å². The zero-order valence-corrected chi connectivity index (χ0v) is 17.0. The molecule has 0 spiro atoms. The molecule has 0 rings (SSSR count). The lowest BCUT2D eigenvalue weighted by atomic mass is 9.86. The van der Waals surface area contributed by atoms with Gasteiger partial charge in [-0.1, -0.05) is 79.8 Å². The van der Waals surface area contributed by atoms with E-state index in [1.165, 1.54) is 0 Å². The molecule has 0 heterocycles. The highest BCUT2D eigenvalue weighted by molar-refractivity contribution is 5.73. The summed E-state index contributed by atoms with van der Waals surface area (Å²) in [6.07, 6.45) is 27.3. The average molecular weight is 375 g/mol. The van der Waals surface area contributed by atoms with Crippen molar-refractivity contribution in [3.05, 3.63) is 72.9 Å². The zero-order valence-electron chi connectivity index (χ0n) is 17.0. The van der Waals surface area contributed by atoms with Crippen molar-refractivity contribution in [2.24, 2.45) is 5.41 Å². The monoisotopic (exact) mass is 374 g/mol. The van der Waals surface area contributed by atoms with E-state index in [1.807, 2.05) is 18.2 Å². The van der Waals surface area contributed by atoms with E-state index in [9.17, 15) is 9.18 Å². The number of carbonyl (C=O) groups is 1. The van der Waals surface area contributed by atoms with Crippen LogP contribution < -0.4 is 0 Å². The summed E-state index contributed by atoms with van der Waals surface area (Å²) in [7, 11) is 0. The van der Waals surface area contributed by atoms with E-state index in [2.05, 4.69) is 49.5 Å². The fraction of sp³-hybridized carbons (Fsp3) is 0.458. The van der Waals surface area contributed by atoms with Gasteiger partial charge in [-0.15, -0.1) is 0 Å². The van der Waals surface area contributed by atoms with E-state index in [0.29, 0.717) is 0 Å². The van der Waals surface area contributed by atoms with Crippen molar-refractivity contribution >= 4 is 5.97 Å². The van der Waals surface area contributed by atoms with Crippen LogP contribution in [0.15, 0.2) is 72.9 Å². The minimum Gasteiger partial charge on any atom is -0.481 e. The second-order valence-electron chi connectivity index (χ2n) is 7.00. The van der Waals surface area contributed by atoms with Crippen LogP contribution in [0.25, 0.3) is 0 Å². The van der Waals surface area contributed by atoms with Crippen LogP contribution in [0.1, 0.15) is 59.3 Å². The van der Waals surface area contributed by atoms with Gasteiger partial charge in [0.1, 0.15) is 6.17 Å². The third-order valence-electron chi connectivity index (χ3n) is 3.86. The number of rotatable bonds is 14. The first-order valence-corrected chi connectivity index (χ1v) is 9.71. The lowest BCUT2D eigenvalue weighted by Crippen LogP contribution is -2.27. The summed E-state index contributed by atoms with van der Waals surface area (Å²) in [5.41, 5.74) is -1.03. The molecule has 0 aliphatic rings. The lowest BCUT2D eigenvalue weighted by molar-refractivity contribution is -0.148. The number of allylic oxidation sites excluding steroid dienone is 12. The molecule has 0 saturated heterocycles. The molecule has 0 amide bonds. The van der Waals surface area contributed by atoms with Gasteiger partial charge in [0, 0.05) is 0 Å². The van der Waals surface area contributed by atoms with Gasteiger partial charge in [-0.05, 0) is 52.4 Å². The molecule has 0 saturated carbocycles. The Morgan fingerprint density at radius 2 is 1.33 bits per heavy atom. The molecule has 3 heteroatoms. The molecule has 0 fully saturated rings. The quantitative estimate of drug-likeness (QED) is 0.259. The van der Waals surface area contributed by atoms with Crippen molar-refractivity contribution in [3.8, 4) is 0 Å². The number of carboxylic acids is 1. The highest BCUT2D eigenvalue weighted by Gasteiger charge is 2.30. The van der Waals surface area contributed by atoms with Crippen molar-refractivity contribution in [2.75, 3.05) is 0 Å². The van der Waals surface area contributed by atoms with Crippen LogP contribution in [0, 0.1) is 5.41 Å². The fourth-order valence-electron chi connectivity index (χ4n) is 2.20. The number of alkyl halides is 1. The van der Waals surface area contributed by atoms with Gasteiger partial charge in [0.05, 0.1) is 5.41 Å². The summed E-state index contributed by atoms with van der Waals surface area (Å²) in [6.45, 7) is 5.23. The first-order chi connectivity index (χ1) is 12.9. The Morgan fingerprint density at radius 1 is 0.852 bits per heavy atom. The van der Waals surface area contributed by atoms with Gasteiger partial charge in [-0.2, -0.15) is 0 Å². The van der Waals surface area contributed by atoms with E-state index < -0.39 is 17.6 Å². The summed E-state index contributed by atoms with van der Waals surface area (Å²) in [4.78, 5) is 11.0. The number of carboxylic acid groups (broad SMARTS) is 1. The minimum atomic E-state index is -1.14. The van der Waals surface area contributed by atoms with Crippen LogP contribution in [0.3, 0.4) is 0 Å². The Balaban J connectivity index is 3.86. The fourth-order valence-corrected chi connectivity index (χ4v) is 2.20. The van der Waals surface area contributed by atoms with E-state index in [4.69, 9.17) is 5.11 Å². The predicted octanol–water partition coefficient (Wildman–Crippen LogP) is 7.13. The maximum Gasteiger partial charge on any atom is 0.309 e. The van der Waals surface area contributed by atoms with Gasteiger partial charge in [0.25, 0.3) is 0 Å². The third kappa shape index (κ3) is 15.8. The largest absolute Gasteiger partial charge is 0.481 e. The number of halogens is 1. The maximum absolute atomic E-state index is 13.8.